The Morgan fingerprint density at radius 2 is 1.86 bits per heavy atom. The van der Waals surface area contributed by atoms with Crippen LogP contribution in [-0.4, -0.2) is 33.3 Å². The lowest BCUT2D eigenvalue weighted by molar-refractivity contribution is 0.417. The number of hydrogen-bond donors (Lipinski definition) is 2. The largest absolute Gasteiger partial charge is 0.319 e. The highest BCUT2D eigenvalue weighted by molar-refractivity contribution is 7.89. The van der Waals surface area contributed by atoms with E-state index in [-0.39, 0.29) is 11.3 Å². The third kappa shape index (κ3) is 6.34. The molecule has 0 heterocycles. The van der Waals surface area contributed by atoms with Gasteiger partial charge in [-0.25, -0.2) is 13.1 Å². The molecule has 0 amide bonds. The van der Waals surface area contributed by atoms with Gasteiger partial charge in [-0.1, -0.05) is 13.3 Å². The minimum Gasteiger partial charge on any atom is -0.319 e. The van der Waals surface area contributed by atoms with Crippen LogP contribution in [0.4, 0.5) is 0 Å². The maximum absolute atomic E-state index is 11.5. The fraction of sp³-hybridized carbons (Fsp3) is 1.00. The molecule has 14 heavy (non-hydrogen) atoms. The van der Waals surface area contributed by atoms with E-state index in [1.807, 2.05) is 20.8 Å². The molecular formula is C9H22N2O2S. The molecule has 0 unspecified atom stereocenters. The maximum atomic E-state index is 11.5. The Labute approximate surface area is 87.5 Å². The van der Waals surface area contributed by atoms with Gasteiger partial charge in [0, 0.05) is 12.1 Å². The van der Waals surface area contributed by atoms with E-state index >= 15 is 0 Å². The summed E-state index contributed by atoms with van der Waals surface area (Å²) in [7, 11) is -1.39. The van der Waals surface area contributed by atoms with Gasteiger partial charge in [0.1, 0.15) is 0 Å². The summed E-state index contributed by atoms with van der Waals surface area (Å²) in [6, 6.07) is 0. The van der Waals surface area contributed by atoms with Crippen molar-refractivity contribution in [2.24, 2.45) is 0 Å². The van der Waals surface area contributed by atoms with Crippen LogP contribution in [0.1, 0.15) is 33.6 Å². The van der Waals surface area contributed by atoms with Crippen molar-refractivity contribution in [3.63, 3.8) is 0 Å². The van der Waals surface area contributed by atoms with Gasteiger partial charge in [0.15, 0.2) is 0 Å². The Balaban J connectivity index is 4.20. The van der Waals surface area contributed by atoms with Gasteiger partial charge in [-0.3, -0.25) is 0 Å². The summed E-state index contributed by atoms with van der Waals surface area (Å²) < 4.78 is 25.8. The molecule has 86 valence electrons. The lowest BCUT2D eigenvalue weighted by Crippen LogP contribution is -2.45. The minimum atomic E-state index is -3.14. The average molecular weight is 222 g/mol. The molecule has 0 saturated heterocycles. The second kappa shape index (κ2) is 5.68. The van der Waals surface area contributed by atoms with Crippen molar-refractivity contribution in [1.82, 2.24) is 10.0 Å². The van der Waals surface area contributed by atoms with Crippen molar-refractivity contribution in [3.8, 4) is 0 Å². The van der Waals surface area contributed by atoms with Crippen molar-refractivity contribution in [2.75, 3.05) is 19.3 Å². The summed E-state index contributed by atoms with van der Waals surface area (Å²) in [6.45, 7) is 6.35. The van der Waals surface area contributed by atoms with Crippen molar-refractivity contribution >= 4 is 10.0 Å². The predicted octanol–water partition coefficient (Wildman–Crippen LogP) is 0.704. The summed E-state index contributed by atoms with van der Waals surface area (Å²) in [5.41, 5.74) is -0.332. The number of sulfonamides is 1. The maximum Gasteiger partial charge on any atom is 0.213 e. The van der Waals surface area contributed by atoms with Crippen molar-refractivity contribution in [2.45, 2.75) is 39.2 Å². The Kier molecular flexibility index (Phi) is 5.63. The van der Waals surface area contributed by atoms with Gasteiger partial charge in [-0.2, -0.15) is 0 Å². The molecule has 0 radical (unpaired) electrons. The SMILES string of the molecule is CCCC(C)(C)NS(=O)(=O)CCNC. The van der Waals surface area contributed by atoms with Gasteiger partial charge in [0.2, 0.25) is 10.0 Å². The Morgan fingerprint density at radius 1 is 1.29 bits per heavy atom. The molecule has 0 aliphatic rings. The van der Waals surface area contributed by atoms with E-state index in [1.54, 1.807) is 7.05 Å². The smallest absolute Gasteiger partial charge is 0.213 e. The molecule has 0 saturated carbocycles. The molecular weight excluding hydrogens is 200 g/mol. The molecule has 5 heteroatoms. The molecule has 0 atom stereocenters. The van der Waals surface area contributed by atoms with E-state index in [4.69, 9.17) is 0 Å². The molecule has 2 N–H and O–H groups in total. The van der Waals surface area contributed by atoms with E-state index in [2.05, 4.69) is 10.0 Å². The van der Waals surface area contributed by atoms with Gasteiger partial charge in [0.25, 0.3) is 0 Å². The zero-order valence-corrected chi connectivity index (χ0v) is 10.4. The Hall–Kier alpha value is -0.130. The van der Waals surface area contributed by atoms with Crippen LogP contribution in [0.2, 0.25) is 0 Å². The van der Waals surface area contributed by atoms with Crippen LogP contribution < -0.4 is 10.0 Å². The van der Waals surface area contributed by atoms with Crippen LogP contribution in [0, 0.1) is 0 Å². The summed E-state index contributed by atoms with van der Waals surface area (Å²) in [5, 5.41) is 2.82. The second-order valence-electron chi connectivity index (χ2n) is 4.16. The molecule has 0 fully saturated rings. The molecule has 0 rings (SSSR count). The molecule has 0 aromatic heterocycles. The monoisotopic (exact) mass is 222 g/mol. The van der Waals surface area contributed by atoms with Gasteiger partial charge < -0.3 is 5.32 Å². The summed E-state index contributed by atoms with van der Waals surface area (Å²) in [4.78, 5) is 0. The Morgan fingerprint density at radius 3 is 2.29 bits per heavy atom. The summed E-state index contributed by atoms with van der Waals surface area (Å²) in [5.74, 6) is 0.136. The van der Waals surface area contributed by atoms with E-state index in [1.165, 1.54) is 0 Å². The number of nitrogens with one attached hydrogen (secondary N) is 2. The lowest BCUT2D eigenvalue weighted by atomic mass is 10.0. The van der Waals surface area contributed by atoms with Crippen LogP contribution in [0.3, 0.4) is 0 Å². The van der Waals surface area contributed by atoms with Gasteiger partial charge in [-0.05, 0) is 27.3 Å². The molecule has 0 aliphatic heterocycles. The summed E-state index contributed by atoms with van der Waals surface area (Å²) in [6.07, 6.45) is 1.83. The van der Waals surface area contributed by atoms with Gasteiger partial charge >= 0.3 is 0 Å². The van der Waals surface area contributed by atoms with E-state index in [0.29, 0.717) is 6.54 Å². The first kappa shape index (κ1) is 13.9. The fourth-order valence-electron chi connectivity index (χ4n) is 1.38. The van der Waals surface area contributed by atoms with E-state index < -0.39 is 10.0 Å². The highest BCUT2D eigenvalue weighted by Crippen LogP contribution is 2.12. The first-order chi connectivity index (χ1) is 6.33. The van der Waals surface area contributed by atoms with E-state index in [9.17, 15) is 8.42 Å². The first-order valence-electron chi connectivity index (χ1n) is 4.99. The van der Waals surface area contributed by atoms with Crippen LogP contribution in [0.25, 0.3) is 0 Å². The van der Waals surface area contributed by atoms with Crippen molar-refractivity contribution in [3.05, 3.63) is 0 Å². The lowest BCUT2D eigenvalue weighted by Gasteiger charge is -2.25. The fourth-order valence-corrected chi connectivity index (χ4v) is 2.90. The Bertz CT molecular complexity index is 248. The summed E-state index contributed by atoms with van der Waals surface area (Å²) >= 11 is 0. The van der Waals surface area contributed by atoms with Gasteiger partial charge in [-0.15, -0.1) is 0 Å². The zero-order chi connectivity index (χ0) is 11.2. The third-order valence-corrected chi connectivity index (χ3v) is 3.53. The molecule has 0 bridgehead atoms. The van der Waals surface area contributed by atoms with Crippen LogP contribution in [0.15, 0.2) is 0 Å². The molecule has 4 nitrogen and oxygen atoms in total. The molecule has 0 aromatic carbocycles. The van der Waals surface area contributed by atoms with Crippen LogP contribution in [0.5, 0.6) is 0 Å². The standard InChI is InChI=1S/C9H22N2O2S/c1-5-6-9(2,3)11-14(12,13)8-7-10-4/h10-11H,5-8H2,1-4H3. The van der Waals surface area contributed by atoms with Gasteiger partial charge in [0.05, 0.1) is 5.75 Å². The van der Waals surface area contributed by atoms with Crippen LogP contribution in [-0.2, 0) is 10.0 Å². The zero-order valence-electron chi connectivity index (χ0n) is 9.55. The molecule has 0 aliphatic carbocycles. The normalized spacial score (nSPS) is 13.1. The first-order valence-corrected chi connectivity index (χ1v) is 6.64. The molecule has 0 aromatic rings. The number of rotatable bonds is 7. The third-order valence-electron chi connectivity index (χ3n) is 1.93. The highest BCUT2D eigenvalue weighted by atomic mass is 32.2. The van der Waals surface area contributed by atoms with Crippen LogP contribution >= 0.6 is 0 Å². The number of hydrogen-bond acceptors (Lipinski definition) is 3. The van der Waals surface area contributed by atoms with Crippen molar-refractivity contribution in [1.29, 1.82) is 0 Å². The predicted molar refractivity (Wildman–Crippen MR) is 59.8 cm³/mol. The van der Waals surface area contributed by atoms with Crippen molar-refractivity contribution < 1.29 is 8.42 Å². The topological polar surface area (TPSA) is 58.2 Å². The molecule has 0 spiro atoms. The van der Waals surface area contributed by atoms with E-state index in [0.717, 1.165) is 12.8 Å². The second-order valence-corrected chi connectivity index (χ2v) is 6.00. The average Bonchev–Trinajstić information content (AvgIpc) is 1.98. The minimum absolute atomic E-state index is 0.136. The highest BCUT2D eigenvalue weighted by Gasteiger charge is 2.23. The quantitative estimate of drug-likeness (QED) is 0.667.